The third-order valence-electron chi connectivity index (χ3n) is 4.80. The van der Waals surface area contributed by atoms with E-state index in [1.165, 1.54) is 0 Å². The van der Waals surface area contributed by atoms with Crippen molar-refractivity contribution in [2.45, 2.75) is 19.4 Å². The van der Waals surface area contributed by atoms with E-state index in [2.05, 4.69) is 25.3 Å². The largest absolute Gasteiger partial charge is 0.338 e. The summed E-state index contributed by atoms with van der Waals surface area (Å²) in [4.78, 5) is 23.2. The Labute approximate surface area is 167 Å². The highest BCUT2D eigenvalue weighted by Gasteiger charge is 2.26. The molecule has 0 saturated carbocycles. The Morgan fingerprint density at radius 3 is 2.68 bits per heavy atom. The number of pyridine rings is 1. The molecule has 1 aromatic carbocycles. The minimum atomic E-state index is -0.00873. The van der Waals surface area contributed by atoms with Crippen LogP contribution in [-0.4, -0.2) is 39.0 Å². The lowest BCUT2D eigenvalue weighted by Gasteiger charge is -2.30. The number of nitrogens with zero attached hydrogens (tertiary/aromatic N) is 4. The number of benzene rings is 1. The van der Waals surface area contributed by atoms with Crippen LogP contribution in [0.1, 0.15) is 18.7 Å². The highest BCUT2D eigenvalue weighted by atomic mass is 35.5. The second-order valence-electron chi connectivity index (χ2n) is 6.77. The number of nitrogens with one attached hydrogen (secondary N) is 1. The van der Waals surface area contributed by atoms with Crippen LogP contribution < -0.4 is 5.32 Å². The van der Waals surface area contributed by atoms with E-state index < -0.39 is 0 Å². The van der Waals surface area contributed by atoms with Crippen molar-refractivity contribution in [1.82, 2.24) is 20.0 Å². The van der Waals surface area contributed by atoms with Crippen molar-refractivity contribution in [1.29, 1.82) is 0 Å². The molecule has 0 radical (unpaired) electrons. The molecular weight excluding hydrogens is 378 g/mol. The lowest BCUT2D eigenvalue weighted by atomic mass is 9.96. The Balaban J connectivity index is 1.29. The maximum absolute atomic E-state index is 12.4. The van der Waals surface area contributed by atoms with Crippen molar-refractivity contribution >= 4 is 23.3 Å². The van der Waals surface area contributed by atoms with Gasteiger partial charge in [-0.05, 0) is 62.3 Å². The van der Waals surface area contributed by atoms with Crippen LogP contribution in [0.25, 0.3) is 11.4 Å². The third kappa shape index (κ3) is 4.55. The van der Waals surface area contributed by atoms with Crippen LogP contribution in [-0.2, 0) is 11.3 Å². The first-order valence-corrected chi connectivity index (χ1v) is 9.58. The molecule has 1 fully saturated rings. The Kier molecular flexibility index (Phi) is 5.64. The topological polar surface area (TPSA) is 84.2 Å². The molecule has 0 unspecified atom stereocenters. The average Bonchev–Trinajstić information content (AvgIpc) is 3.18. The van der Waals surface area contributed by atoms with Crippen LogP contribution in [0.15, 0.2) is 53.2 Å². The molecule has 3 heterocycles. The molecule has 7 nitrogen and oxygen atoms in total. The molecule has 1 saturated heterocycles. The minimum Gasteiger partial charge on any atom is -0.338 e. The molecule has 144 valence electrons. The summed E-state index contributed by atoms with van der Waals surface area (Å²) in [6.07, 6.45) is 3.24. The van der Waals surface area contributed by atoms with E-state index in [1.54, 1.807) is 24.4 Å². The zero-order valence-electron chi connectivity index (χ0n) is 15.2. The number of anilines is 1. The number of hydrogen-bond acceptors (Lipinski definition) is 6. The van der Waals surface area contributed by atoms with Crippen LogP contribution in [0.3, 0.4) is 0 Å². The summed E-state index contributed by atoms with van der Waals surface area (Å²) in [6, 6.07) is 12.8. The predicted molar refractivity (Wildman–Crippen MR) is 106 cm³/mol. The van der Waals surface area contributed by atoms with Gasteiger partial charge in [-0.15, -0.1) is 0 Å². The van der Waals surface area contributed by atoms with Crippen molar-refractivity contribution < 1.29 is 9.32 Å². The fourth-order valence-electron chi connectivity index (χ4n) is 3.24. The van der Waals surface area contributed by atoms with Crippen molar-refractivity contribution in [3.63, 3.8) is 0 Å². The Bertz CT molecular complexity index is 921. The number of piperidine rings is 1. The number of carbonyl (C=O) groups is 1. The molecule has 0 bridgehead atoms. The monoisotopic (exact) mass is 397 g/mol. The van der Waals surface area contributed by atoms with Gasteiger partial charge >= 0.3 is 0 Å². The molecule has 28 heavy (non-hydrogen) atoms. The maximum Gasteiger partial charge on any atom is 0.241 e. The van der Waals surface area contributed by atoms with Crippen LogP contribution in [0, 0.1) is 5.92 Å². The molecule has 0 aliphatic carbocycles. The van der Waals surface area contributed by atoms with Crippen LogP contribution >= 0.6 is 11.6 Å². The lowest BCUT2D eigenvalue weighted by molar-refractivity contribution is -0.121. The molecule has 1 aliphatic heterocycles. The molecule has 4 rings (SSSR count). The lowest BCUT2D eigenvalue weighted by Crippen LogP contribution is -2.37. The molecule has 3 aromatic rings. The van der Waals surface area contributed by atoms with E-state index in [1.807, 2.05) is 24.3 Å². The van der Waals surface area contributed by atoms with E-state index in [0.29, 0.717) is 29.1 Å². The normalized spacial score (nSPS) is 15.5. The SMILES string of the molecule is O=C(Nc1ccccn1)C1CCN(Cc2nc(-c3ccc(Cl)cc3)no2)CC1. The minimum absolute atomic E-state index is 0.00873. The number of rotatable bonds is 5. The van der Waals surface area contributed by atoms with Gasteiger partial charge in [0.15, 0.2) is 0 Å². The zero-order chi connectivity index (χ0) is 19.3. The van der Waals surface area contributed by atoms with Gasteiger partial charge in [-0.1, -0.05) is 22.8 Å². The van der Waals surface area contributed by atoms with Gasteiger partial charge in [0.1, 0.15) is 5.82 Å². The van der Waals surface area contributed by atoms with Crippen LogP contribution in [0.5, 0.6) is 0 Å². The second-order valence-corrected chi connectivity index (χ2v) is 7.21. The number of amides is 1. The third-order valence-corrected chi connectivity index (χ3v) is 5.06. The summed E-state index contributed by atoms with van der Waals surface area (Å²) in [6.45, 7) is 2.19. The summed E-state index contributed by atoms with van der Waals surface area (Å²) in [5, 5.41) is 7.60. The number of likely N-dealkylation sites (tertiary alicyclic amines) is 1. The van der Waals surface area contributed by atoms with Crippen molar-refractivity contribution in [2.75, 3.05) is 18.4 Å². The summed E-state index contributed by atoms with van der Waals surface area (Å²) < 4.78 is 5.38. The first kappa shape index (κ1) is 18.6. The number of hydrogen-bond donors (Lipinski definition) is 1. The van der Waals surface area contributed by atoms with E-state index in [-0.39, 0.29) is 11.8 Å². The first-order chi connectivity index (χ1) is 13.7. The highest BCUT2D eigenvalue weighted by molar-refractivity contribution is 6.30. The molecular formula is C20H20ClN5O2. The maximum atomic E-state index is 12.4. The fraction of sp³-hybridized carbons (Fsp3) is 0.300. The Hall–Kier alpha value is -2.77. The molecule has 1 aliphatic rings. The smallest absolute Gasteiger partial charge is 0.241 e. The molecule has 0 atom stereocenters. The quantitative estimate of drug-likeness (QED) is 0.707. The van der Waals surface area contributed by atoms with Crippen molar-refractivity contribution in [2.24, 2.45) is 5.92 Å². The van der Waals surface area contributed by atoms with Gasteiger partial charge in [0, 0.05) is 22.7 Å². The van der Waals surface area contributed by atoms with Gasteiger partial charge in [-0.2, -0.15) is 4.98 Å². The predicted octanol–water partition coefficient (Wildman–Crippen LogP) is 3.64. The Morgan fingerprint density at radius 1 is 1.18 bits per heavy atom. The van der Waals surface area contributed by atoms with Gasteiger partial charge in [0.05, 0.1) is 6.54 Å². The van der Waals surface area contributed by atoms with Crippen LogP contribution in [0.2, 0.25) is 5.02 Å². The highest BCUT2D eigenvalue weighted by Crippen LogP contribution is 2.22. The van der Waals surface area contributed by atoms with E-state index in [0.717, 1.165) is 31.5 Å². The second kappa shape index (κ2) is 8.50. The van der Waals surface area contributed by atoms with Gasteiger partial charge in [0.25, 0.3) is 0 Å². The summed E-state index contributed by atoms with van der Waals surface area (Å²) in [7, 11) is 0. The van der Waals surface area contributed by atoms with E-state index in [9.17, 15) is 4.79 Å². The fourth-order valence-corrected chi connectivity index (χ4v) is 3.37. The number of aromatic nitrogens is 3. The zero-order valence-corrected chi connectivity index (χ0v) is 16.0. The molecule has 8 heteroatoms. The molecule has 2 aromatic heterocycles. The Morgan fingerprint density at radius 2 is 1.96 bits per heavy atom. The van der Waals surface area contributed by atoms with Crippen molar-refractivity contribution in [3.8, 4) is 11.4 Å². The van der Waals surface area contributed by atoms with Gasteiger partial charge < -0.3 is 9.84 Å². The van der Waals surface area contributed by atoms with E-state index in [4.69, 9.17) is 16.1 Å². The molecule has 1 N–H and O–H groups in total. The van der Waals surface area contributed by atoms with Crippen LogP contribution in [0.4, 0.5) is 5.82 Å². The van der Waals surface area contributed by atoms with Crippen molar-refractivity contribution in [3.05, 3.63) is 59.6 Å². The van der Waals surface area contributed by atoms with Gasteiger partial charge in [-0.3, -0.25) is 9.69 Å². The van der Waals surface area contributed by atoms with Gasteiger partial charge in [0.2, 0.25) is 17.6 Å². The summed E-state index contributed by atoms with van der Waals surface area (Å²) in [5.41, 5.74) is 0.865. The standard InChI is InChI=1S/C20H20ClN5O2/c21-16-6-4-14(5-7-16)19-24-18(28-25-19)13-26-11-8-15(9-12-26)20(27)23-17-3-1-2-10-22-17/h1-7,10,15H,8-9,11-13H2,(H,22,23,27). The summed E-state index contributed by atoms with van der Waals surface area (Å²) >= 11 is 5.91. The van der Waals surface area contributed by atoms with E-state index >= 15 is 0 Å². The number of carbonyl (C=O) groups excluding carboxylic acids is 1. The van der Waals surface area contributed by atoms with Gasteiger partial charge in [-0.25, -0.2) is 4.98 Å². The molecule has 0 spiro atoms. The molecule has 1 amide bonds. The first-order valence-electron chi connectivity index (χ1n) is 9.20. The number of halogens is 1. The summed E-state index contributed by atoms with van der Waals surface area (Å²) in [5.74, 6) is 1.74. The average molecular weight is 398 g/mol.